The number of nitrogens with two attached hydrogens (primary N) is 1. The molecular weight excluding hydrogens is 224 g/mol. The van der Waals surface area contributed by atoms with Crippen LogP contribution in [-0.4, -0.2) is 42.8 Å². The lowest BCUT2D eigenvalue weighted by Gasteiger charge is -2.47. The van der Waals surface area contributed by atoms with Crippen LogP contribution in [0.3, 0.4) is 0 Å². The van der Waals surface area contributed by atoms with Crippen LogP contribution in [0, 0.1) is 0 Å². The largest absolute Gasteiger partial charge is 0.379 e. The number of morpholine rings is 1. The Balaban J connectivity index is 1.96. The molecule has 0 amide bonds. The zero-order chi connectivity index (χ0) is 12.8. The van der Waals surface area contributed by atoms with Crippen LogP contribution >= 0.6 is 0 Å². The van der Waals surface area contributed by atoms with Gasteiger partial charge in [0.15, 0.2) is 0 Å². The van der Waals surface area contributed by atoms with Crippen LogP contribution in [0.25, 0.3) is 0 Å². The Bertz CT molecular complexity index is 233. The monoisotopic (exact) mass is 254 g/mol. The van der Waals surface area contributed by atoms with E-state index in [9.17, 15) is 0 Å². The second kappa shape index (κ2) is 6.88. The second-order valence-electron chi connectivity index (χ2n) is 6.01. The van der Waals surface area contributed by atoms with Crippen LogP contribution in [0.2, 0.25) is 0 Å². The highest BCUT2D eigenvalue weighted by atomic mass is 16.5. The fourth-order valence-corrected chi connectivity index (χ4v) is 3.80. The number of nitrogens with zero attached hydrogens (tertiary/aromatic N) is 1. The van der Waals surface area contributed by atoms with Crippen LogP contribution in [0.15, 0.2) is 0 Å². The quantitative estimate of drug-likeness (QED) is 0.740. The van der Waals surface area contributed by atoms with E-state index in [-0.39, 0.29) is 0 Å². The van der Waals surface area contributed by atoms with Crippen molar-refractivity contribution in [3.63, 3.8) is 0 Å². The van der Waals surface area contributed by atoms with Gasteiger partial charge in [0.25, 0.3) is 0 Å². The standard InChI is InChI=1S/C15H30N2O/c1-2-3-4-7-14(16)15(8-5-6-9-15)17-10-12-18-13-11-17/h14H,2-13,16H2,1H3. The Kier molecular flexibility index (Phi) is 5.46. The van der Waals surface area contributed by atoms with Crippen molar-refractivity contribution in [1.29, 1.82) is 0 Å². The first-order valence-corrected chi connectivity index (χ1v) is 7.88. The molecule has 3 heteroatoms. The summed E-state index contributed by atoms with van der Waals surface area (Å²) in [5, 5.41) is 0. The van der Waals surface area contributed by atoms with Crippen LogP contribution < -0.4 is 5.73 Å². The SMILES string of the molecule is CCCCCC(N)C1(N2CCOCC2)CCCC1. The zero-order valence-corrected chi connectivity index (χ0v) is 12.0. The molecule has 18 heavy (non-hydrogen) atoms. The maximum atomic E-state index is 6.60. The van der Waals surface area contributed by atoms with Crippen LogP contribution in [0.5, 0.6) is 0 Å². The minimum Gasteiger partial charge on any atom is -0.379 e. The molecule has 0 spiro atoms. The van der Waals surface area contributed by atoms with Gasteiger partial charge in [-0.2, -0.15) is 0 Å². The van der Waals surface area contributed by atoms with Crippen LogP contribution in [0.4, 0.5) is 0 Å². The molecule has 2 rings (SSSR count). The topological polar surface area (TPSA) is 38.5 Å². The fourth-order valence-electron chi connectivity index (χ4n) is 3.80. The van der Waals surface area contributed by atoms with Crippen molar-refractivity contribution in [3.05, 3.63) is 0 Å². The van der Waals surface area contributed by atoms with Crippen molar-refractivity contribution >= 4 is 0 Å². The Hall–Kier alpha value is -0.120. The first-order chi connectivity index (χ1) is 8.79. The molecule has 0 aromatic heterocycles. The first kappa shape index (κ1) is 14.3. The molecule has 1 atom stereocenters. The molecule has 2 N–H and O–H groups in total. The number of hydrogen-bond donors (Lipinski definition) is 1. The van der Waals surface area contributed by atoms with Gasteiger partial charge in [0.05, 0.1) is 13.2 Å². The summed E-state index contributed by atoms with van der Waals surface area (Å²) in [4.78, 5) is 2.65. The van der Waals surface area contributed by atoms with Gasteiger partial charge in [-0.1, -0.05) is 39.0 Å². The van der Waals surface area contributed by atoms with Crippen LogP contribution in [0.1, 0.15) is 58.3 Å². The van der Waals surface area contributed by atoms with Gasteiger partial charge in [0, 0.05) is 24.7 Å². The number of unbranched alkanes of at least 4 members (excludes halogenated alkanes) is 2. The van der Waals surface area contributed by atoms with E-state index >= 15 is 0 Å². The van der Waals surface area contributed by atoms with Gasteiger partial charge in [-0.25, -0.2) is 0 Å². The van der Waals surface area contributed by atoms with Crippen LogP contribution in [-0.2, 0) is 4.74 Å². The third-order valence-electron chi connectivity index (χ3n) is 4.92. The van der Waals surface area contributed by atoms with E-state index in [0.717, 1.165) is 26.3 Å². The number of ether oxygens (including phenoxy) is 1. The predicted molar refractivity (Wildman–Crippen MR) is 75.7 cm³/mol. The summed E-state index contributed by atoms with van der Waals surface area (Å²) in [6.07, 6.45) is 10.4. The Morgan fingerprint density at radius 3 is 2.44 bits per heavy atom. The maximum absolute atomic E-state index is 6.60. The molecule has 1 unspecified atom stereocenters. The molecule has 3 nitrogen and oxygen atoms in total. The maximum Gasteiger partial charge on any atom is 0.0594 e. The molecule has 2 aliphatic rings. The zero-order valence-electron chi connectivity index (χ0n) is 12.0. The van der Waals surface area contributed by atoms with E-state index < -0.39 is 0 Å². The highest BCUT2D eigenvalue weighted by Crippen LogP contribution is 2.39. The summed E-state index contributed by atoms with van der Waals surface area (Å²) in [5.74, 6) is 0. The summed E-state index contributed by atoms with van der Waals surface area (Å²) in [7, 11) is 0. The van der Waals surface area contributed by atoms with E-state index in [4.69, 9.17) is 10.5 Å². The highest BCUT2D eigenvalue weighted by Gasteiger charge is 2.44. The minimum atomic E-state index is 0.303. The molecule has 0 aromatic carbocycles. The van der Waals surface area contributed by atoms with Gasteiger partial charge in [-0.15, -0.1) is 0 Å². The van der Waals surface area contributed by atoms with E-state index in [1.54, 1.807) is 0 Å². The summed E-state index contributed by atoms with van der Waals surface area (Å²) >= 11 is 0. The van der Waals surface area contributed by atoms with E-state index in [0.29, 0.717) is 11.6 Å². The summed E-state index contributed by atoms with van der Waals surface area (Å²) in [5.41, 5.74) is 6.91. The van der Waals surface area contributed by atoms with Gasteiger partial charge < -0.3 is 10.5 Å². The first-order valence-electron chi connectivity index (χ1n) is 7.88. The van der Waals surface area contributed by atoms with E-state index in [1.165, 1.54) is 51.4 Å². The number of hydrogen-bond acceptors (Lipinski definition) is 3. The van der Waals surface area contributed by atoms with Gasteiger partial charge >= 0.3 is 0 Å². The van der Waals surface area contributed by atoms with E-state index in [2.05, 4.69) is 11.8 Å². The Morgan fingerprint density at radius 1 is 1.17 bits per heavy atom. The average Bonchev–Trinajstić information content (AvgIpc) is 2.90. The van der Waals surface area contributed by atoms with Crippen molar-refractivity contribution < 1.29 is 4.74 Å². The molecule has 106 valence electrons. The third-order valence-corrected chi connectivity index (χ3v) is 4.92. The predicted octanol–water partition coefficient (Wildman–Crippen LogP) is 2.54. The molecule has 1 saturated carbocycles. The van der Waals surface area contributed by atoms with Crippen molar-refractivity contribution in [2.75, 3.05) is 26.3 Å². The lowest BCUT2D eigenvalue weighted by molar-refractivity contribution is -0.0318. The van der Waals surface area contributed by atoms with Crippen molar-refractivity contribution in [2.45, 2.75) is 69.9 Å². The molecular formula is C15H30N2O. The van der Waals surface area contributed by atoms with E-state index in [1.807, 2.05) is 0 Å². The molecule has 2 fully saturated rings. The Labute approximate surface area is 112 Å². The van der Waals surface area contributed by atoms with Gasteiger partial charge in [0.2, 0.25) is 0 Å². The summed E-state index contributed by atoms with van der Waals surface area (Å²) < 4.78 is 5.50. The normalized spacial score (nSPS) is 26.3. The smallest absolute Gasteiger partial charge is 0.0594 e. The van der Waals surface area contributed by atoms with Crippen molar-refractivity contribution in [1.82, 2.24) is 4.90 Å². The molecule has 1 aliphatic heterocycles. The van der Waals surface area contributed by atoms with Gasteiger partial charge in [-0.05, 0) is 19.3 Å². The lowest BCUT2D eigenvalue weighted by Crippen LogP contribution is -2.61. The molecule has 0 radical (unpaired) electrons. The Morgan fingerprint density at radius 2 is 1.83 bits per heavy atom. The molecule has 1 saturated heterocycles. The molecule has 1 aliphatic carbocycles. The summed E-state index contributed by atoms with van der Waals surface area (Å²) in [6, 6.07) is 0.365. The third kappa shape index (κ3) is 3.06. The van der Waals surface area contributed by atoms with Crippen molar-refractivity contribution in [2.24, 2.45) is 5.73 Å². The lowest BCUT2D eigenvalue weighted by atomic mass is 9.83. The second-order valence-corrected chi connectivity index (χ2v) is 6.01. The molecule has 0 bridgehead atoms. The average molecular weight is 254 g/mol. The number of rotatable bonds is 6. The van der Waals surface area contributed by atoms with Gasteiger partial charge in [-0.3, -0.25) is 4.90 Å². The molecule has 0 aromatic rings. The van der Waals surface area contributed by atoms with Gasteiger partial charge in [0.1, 0.15) is 0 Å². The fraction of sp³-hybridized carbons (Fsp3) is 1.00. The summed E-state index contributed by atoms with van der Waals surface area (Å²) in [6.45, 7) is 6.22. The molecule has 1 heterocycles. The highest BCUT2D eigenvalue weighted by molar-refractivity contribution is 5.02. The minimum absolute atomic E-state index is 0.303. The van der Waals surface area contributed by atoms with Crippen molar-refractivity contribution in [3.8, 4) is 0 Å².